The molecule has 4 aromatic carbocycles. The largest absolute Gasteiger partial charge is 0.478 e. The third-order valence-electron chi connectivity index (χ3n) is 4.96. The highest BCUT2D eigenvalue weighted by molar-refractivity contribution is 6.02. The number of carbonyl (C=O) groups is 2. The first-order valence-electron chi connectivity index (χ1n) is 10.1. The van der Waals surface area contributed by atoms with Crippen molar-refractivity contribution >= 4 is 23.3 Å². The van der Waals surface area contributed by atoms with Crippen molar-refractivity contribution in [3.63, 3.8) is 0 Å². The molecule has 34 heavy (non-hydrogen) atoms. The van der Waals surface area contributed by atoms with Gasteiger partial charge in [0.15, 0.2) is 0 Å². The number of nitrogen functional groups attached to an aromatic ring is 2. The molecule has 0 amide bonds. The molecule has 0 fully saturated rings. The number of ether oxygens (including phenoxy) is 2. The highest BCUT2D eigenvalue weighted by Crippen LogP contribution is 2.35. The van der Waals surface area contributed by atoms with Crippen molar-refractivity contribution in [3.8, 4) is 34.1 Å². The molecule has 0 aromatic heterocycles. The van der Waals surface area contributed by atoms with Crippen LogP contribution >= 0.6 is 0 Å². The molecule has 4 rings (SSSR count). The summed E-state index contributed by atoms with van der Waals surface area (Å²) in [6, 6.07) is 22.1. The molecule has 0 aliphatic rings. The average Bonchev–Trinajstić information content (AvgIpc) is 2.82. The van der Waals surface area contributed by atoms with Gasteiger partial charge >= 0.3 is 11.9 Å². The molecule has 0 aliphatic heterocycles. The minimum absolute atomic E-state index is 0.109. The SMILES string of the molecule is Nc1ccc(Oc2ccc(-c3ccc(Oc4ccc(N)cc4)cc3C(=O)O)c(C(=O)O)c2)cc1. The van der Waals surface area contributed by atoms with Crippen LogP contribution in [0, 0.1) is 0 Å². The monoisotopic (exact) mass is 456 g/mol. The fourth-order valence-corrected chi connectivity index (χ4v) is 3.34. The van der Waals surface area contributed by atoms with Gasteiger partial charge in [0.2, 0.25) is 0 Å². The second-order valence-corrected chi connectivity index (χ2v) is 7.37. The van der Waals surface area contributed by atoms with Gasteiger partial charge in [-0.15, -0.1) is 0 Å². The van der Waals surface area contributed by atoms with Gasteiger partial charge in [0, 0.05) is 11.4 Å². The molecule has 6 N–H and O–H groups in total. The van der Waals surface area contributed by atoms with Crippen LogP contribution in [-0.4, -0.2) is 22.2 Å². The smallest absolute Gasteiger partial charge is 0.336 e. The first-order valence-corrected chi connectivity index (χ1v) is 10.1. The van der Waals surface area contributed by atoms with Crippen LogP contribution in [0.3, 0.4) is 0 Å². The van der Waals surface area contributed by atoms with E-state index in [-0.39, 0.29) is 33.8 Å². The van der Waals surface area contributed by atoms with Crippen LogP contribution in [0.15, 0.2) is 84.9 Å². The zero-order valence-electron chi connectivity index (χ0n) is 17.8. The Morgan fingerprint density at radius 3 is 1.18 bits per heavy atom. The van der Waals surface area contributed by atoms with Gasteiger partial charge < -0.3 is 31.2 Å². The van der Waals surface area contributed by atoms with Gasteiger partial charge in [0.25, 0.3) is 0 Å². The van der Waals surface area contributed by atoms with E-state index in [1.807, 2.05) is 0 Å². The predicted octanol–water partition coefficient (Wildman–Crippen LogP) is 5.50. The maximum absolute atomic E-state index is 12.0. The standard InChI is InChI=1S/C26H20N2O6/c27-15-1-5-17(6-2-15)33-19-9-11-21(23(13-19)25(29)30)22-12-10-20(14-24(22)26(31)32)34-18-7-3-16(28)4-8-18/h1-14H,27-28H2,(H,29,30)(H,31,32). The Hall–Kier alpha value is -4.98. The summed E-state index contributed by atoms with van der Waals surface area (Å²) < 4.78 is 11.4. The van der Waals surface area contributed by atoms with Gasteiger partial charge in [-0.1, -0.05) is 0 Å². The van der Waals surface area contributed by atoms with Gasteiger partial charge in [-0.25, -0.2) is 9.59 Å². The van der Waals surface area contributed by atoms with E-state index in [0.717, 1.165) is 0 Å². The van der Waals surface area contributed by atoms with Gasteiger partial charge in [-0.05, 0) is 96.1 Å². The van der Waals surface area contributed by atoms with Crippen LogP contribution in [0.25, 0.3) is 11.1 Å². The second-order valence-electron chi connectivity index (χ2n) is 7.37. The van der Waals surface area contributed by atoms with Gasteiger partial charge in [-0.3, -0.25) is 0 Å². The Morgan fingerprint density at radius 2 is 0.853 bits per heavy atom. The normalized spacial score (nSPS) is 10.5. The number of anilines is 2. The number of nitrogens with two attached hydrogens (primary N) is 2. The molecule has 0 bridgehead atoms. The average molecular weight is 456 g/mol. The van der Waals surface area contributed by atoms with Crippen molar-refractivity contribution in [2.24, 2.45) is 0 Å². The molecule has 0 atom stereocenters. The maximum atomic E-state index is 12.0. The summed E-state index contributed by atoms with van der Waals surface area (Å²) in [5.41, 5.74) is 12.7. The van der Waals surface area contributed by atoms with Gasteiger partial charge in [-0.2, -0.15) is 0 Å². The molecular weight excluding hydrogens is 436 g/mol. The number of aromatic carboxylic acids is 2. The van der Waals surface area contributed by atoms with E-state index in [2.05, 4.69) is 0 Å². The fraction of sp³-hybridized carbons (Fsp3) is 0. The Labute approximate surface area is 194 Å². The van der Waals surface area contributed by atoms with E-state index in [4.69, 9.17) is 20.9 Å². The van der Waals surface area contributed by atoms with Crippen LogP contribution in [0.5, 0.6) is 23.0 Å². The number of carboxylic acid groups (broad SMARTS) is 2. The van der Waals surface area contributed by atoms with Crippen molar-refractivity contribution in [2.75, 3.05) is 11.5 Å². The van der Waals surface area contributed by atoms with Crippen LogP contribution < -0.4 is 20.9 Å². The van der Waals surface area contributed by atoms with E-state index >= 15 is 0 Å². The minimum Gasteiger partial charge on any atom is -0.478 e. The molecule has 0 saturated heterocycles. The Kier molecular flexibility index (Phi) is 6.05. The molecule has 0 spiro atoms. The zero-order chi connectivity index (χ0) is 24.2. The molecule has 0 unspecified atom stereocenters. The number of hydrogen-bond acceptors (Lipinski definition) is 6. The molecule has 8 nitrogen and oxygen atoms in total. The summed E-state index contributed by atoms with van der Waals surface area (Å²) in [4.78, 5) is 24.0. The maximum Gasteiger partial charge on any atom is 0.336 e. The molecule has 0 saturated carbocycles. The summed E-state index contributed by atoms with van der Waals surface area (Å²) in [5.74, 6) is -0.924. The summed E-state index contributed by atoms with van der Waals surface area (Å²) in [6.07, 6.45) is 0. The predicted molar refractivity (Wildman–Crippen MR) is 128 cm³/mol. The third kappa shape index (κ3) is 4.91. The summed E-state index contributed by atoms with van der Waals surface area (Å²) >= 11 is 0. The quantitative estimate of drug-likeness (QED) is 0.267. The second kappa shape index (κ2) is 9.25. The van der Waals surface area contributed by atoms with Crippen LogP contribution in [0.1, 0.15) is 20.7 Å². The molecular formula is C26H20N2O6. The van der Waals surface area contributed by atoms with Gasteiger partial charge in [0.05, 0.1) is 11.1 Å². The molecule has 0 radical (unpaired) electrons. The summed E-state index contributed by atoms with van der Waals surface area (Å²) in [7, 11) is 0. The zero-order valence-corrected chi connectivity index (χ0v) is 17.8. The molecule has 4 aromatic rings. The Balaban J connectivity index is 1.70. The van der Waals surface area contributed by atoms with Gasteiger partial charge in [0.1, 0.15) is 23.0 Å². The molecule has 0 aliphatic carbocycles. The van der Waals surface area contributed by atoms with Crippen molar-refractivity contribution in [2.45, 2.75) is 0 Å². The van der Waals surface area contributed by atoms with Crippen molar-refractivity contribution in [3.05, 3.63) is 96.1 Å². The van der Waals surface area contributed by atoms with E-state index in [0.29, 0.717) is 22.9 Å². The Bertz CT molecular complexity index is 1260. The van der Waals surface area contributed by atoms with Crippen molar-refractivity contribution < 1.29 is 29.3 Å². The third-order valence-corrected chi connectivity index (χ3v) is 4.96. The molecule has 8 heteroatoms. The summed E-state index contributed by atoms with van der Waals surface area (Å²) in [5, 5.41) is 19.6. The number of rotatable bonds is 7. The topological polar surface area (TPSA) is 145 Å². The van der Waals surface area contributed by atoms with Crippen LogP contribution in [0.2, 0.25) is 0 Å². The minimum atomic E-state index is -1.23. The van der Waals surface area contributed by atoms with E-state index in [1.54, 1.807) is 60.7 Å². The lowest BCUT2D eigenvalue weighted by Gasteiger charge is -2.14. The lowest BCUT2D eigenvalue weighted by atomic mass is 9.95. The fourth-order valence-electron chi connectivity index (χ4n) is 3.34. The van der Waals surface area contributed by atoms with E-state index in [9.17, 15) is 19.8 Å². The molecule has 170 valence electrons. The number of hydrogen-bond donors (Lipinski definition) is 4. The first kappa shape index (κ1) is 22.2. The lowest BCUT2D eigenvalue weighted by Crippen LogP contribution is -2.05. The molecule has 0 heterocycles. The Morgan fingerprint density at radius 1 is 0.529 bits per heavy atom. The number of benzene rings is 4. The summed E-state index contributed by atoms with van der Waals surface area (Å²) in [6.45, 7) is 0. The highest BCUT2D eigenvalue weighted by atomic mass is 16.5. The van der Waals surface area contributed by atoms with Crippen molar-refractivity contribution in [1.29, 1.82) is 0 Å². The van der Waals surface area contributed by atoms with Crippen molar-refractivity contribution in [1.82, 2.24) is 0 Å². The van der Waals surface area contributed by atoms with Crippen LogP contribution in [0.4, 0.5) is 11.4 Å². The number of carboxylic acids is 2. The first-order chi connectivity index (χ1) is 16.3. The lowest BCUT2D eigenvalue weighted by molar-refractivity contribution is 0.0684. The van der Waals surface area contributed by atoms with E-state index < -0.39 is 11.9 Å². The highest BCUT2D eigenvalue weighted by Gasteiger charge is 2.20. The van der Waals surface area contributed by atoms with Crippen LogP contribution in [-0.2, 0) is 0 Å². The van der Waals surface area contributed by atoms with E-state index in [1.165, 1.54) is 24.3 Å².